The normalized spacial score (nSPS) is 12.3. The van der Waals surface area contributed by atoms with Crippen LogP contribution < -0.4 is 10.2 Å². The Morgan fingerprint density at radius 1 is 1.38 bits per heavy atom. The van der Waals surface area contributed by atoms with Crippen molar-refractivity contribution in [2.24, 2.45) is 0 Å². The molecule has 0 amide bonds. The highest BCUT2D eigenvalue weighted by Crippen LogP contribution is 2.22. The molecule has 2 aromatic rings. The number of anilines is 1. The topological polar surface area (TPSA) is 28.2 Å². The third-order valence-corrected chi connectivity index (χ3v) is 4.65. The number of hydrogen-bond donors (Lipinski definition) is 1. The minimum absolute atomic E-state index is 0.456. The van der Waals surface area contributed by atoms with Gasteiger partial charge in [0, 0.05) is 37.1 Å². The van der Waals surface area contributed by atoms with Crippen LogP contribution in [0.25, 0.3) is 0 Å². The Morgan fingerprint density at radius 3 is 2.95 bits per heavy atom. The van der Waals surface area contributed by atoms with E-state index < -0.39 is 0 Å². The number of nitrogens with zero attached hydrogens (tertiary/aromatic N) is 2. The molecule has 0 saturated heterocycles. The summed E-state index contributed by atoms with van der Waals surface area (Å²) in [6.07, 6.45) is 6.09. The summed E-state index contributed by atoms with van der Waals surface area (Å²) in [5.41, 5.74) is 2.55. The fraction of sp³-hybridized carbons (Fsp3) is 0.471. The van der Waals surface area contributed by atoms with Crippen molar-refractivity contribution in [3.8, 4) is 0 Å². The molecule has 0 bridgehead atoms. The third-order valence-electron chi connectivity index (χ3n) is 3.75. The molecule has 114 valence electrons. The van der Waals surface area contributed by atoms with Crippen LogP contribution in [0.5, 0.6) is 0 Å². The first-order valence-electron chi connectivity index (χ1n) is 7.61. The van der Waals surface area contributed by atoms with E-state index >= 15 is 0 Å². The van der Waals surface area contributed by atoms with Gasteiger partial charge in [-0.25, -0.2) is 0 Å². The van der Waals surface area contributed by atoms with Crippen molar-refractivity contribution in [1.29, 1.82) is 0 Å². The number of likely N-dealkylation sites (N-methyl/N-ethyl adjacent to an activating group) is 1. The van der Waals surface area contributed by atoms with E-state index in [0.29, 0.717) is 6.04 Å². The summed E-state index contributed by atoms with van der Waals surface area (Å²) in [7, 11) is 2.17. The fourth-order valence-electron chi connectivity index (χ4n) is 2.38. The molecule has 2 rings (SSSR count). The van der Waals surface area contributed by atoms with Crippen LogP contribution in [0.3, 0.4) is 0 Å². The van der Waals surface area contributed by atoms with Gasteiger partial charge in [-0.1, -0.05) is 13.0 Å². The van der Waals surface area contributed by atoms with Crippen molar-refractivity contribution >= 4 is 17.0 Å². The van der Waals surface area contributed by atoms with Crippen molar-refractivity contribution in [2.45, 2.75) is 39.3 Å². The van der Waals surface area contributed by atoms with E-state index in [1.807, 2.05) is 23.7 Å². The van der Waals surface area contributed by atoms with Gasteiger partial charge in [-0.15, -0.1) is 11.3 Å². The number of pyridine rings is 1. The van der Waals surface area contributed by atoms with Crippen molar-refractivity contribution in [3.63, 3.8) is 0 Å². The van der Waals surface area contributed by atoms with Gasteiger partial charge in [-0.2, -0.15) is 0 Å². The number of aromatic nitrogens is 1. The predicted octanol–water partition coefficient (Wildman–Crippen LogP) is 3.71. The maximum absolute atomic E-state index is 4.31. The first-order valence-corrected chi connectivity index (χ1v) is 8.49. The molecule has 2 aromatic heterocycles. The predicted molar refractivity (Wildman–Crippen MR) is 92.1 cm³/mol. The molecule has 3 nitrogen and oxygen atoms in total. The van der Waals surface area contributed by atoms with E-state index in [1.165, 1.54) is 16.1 Å². The molecule has 0 aliphatic rings. The third kappa shape index (κ3) is 4.55. The van der Waals surface area contributed by atoms with Crippen molar-refractivity contribution in [2.75, 3.05) is 18.5 Å². The van der Waals surface area contributed by atoms with E-state index in [0.717, 1.165) is 25.9 Å². The van der Waals surface area contributed by atoms with E-state index in [4.69, 9.17) is 0 Å². The van der Waals surface area contributed by atoms with Gasteiger partial charge in [0.15, 0.2) is 0 Å². The van der Waals surface area contributed by atoms with Crippen LogP contribution in [0, 0.1) is 0 Å². The first kappa shape index (κ1) is 16.0. The summed E-state index contributed by atoms with van der Waals surface area (Å²) in [6, 6.07) is 6.91. The largest absolute Gasteiger partial charge is 0.370 e. The Bertz CT molecular complexity index is 525. The second-order valence-corrected chi connectivity index (χ2v) is 6.46. The number of thiophene rings is 1. The van der Waals surface area contributed by atoms with Gasteiger partial charge in [0.25, 0.3) is 0 Å². The number of nitrogens with one attached hydrogen (secondary N) is 1. The van der Waals surface area contributed by atoms with Gasteiger partial charge in [0.1, 0.15) is 0 Å². The van der Waals surface area contributed by atoms with Crippen LogP contribution in [0.2, 0.25) is 0 Å². The molecule has 4 heteroatoms. The van der Waals surface area contributed by atoms with Crippen LogP contribution in [0.1, 0.15) is 30.7 Å². The van der Waals surface area contributed by atoms with E-state index in [1.54, 1.807) is 0 Å². The van der Waals surface area contributed by atoms with Gasteiger partial charge < -0.3 is 10.2 Å². The zero-order valence-electron chi connectivity index (χ0n) is 13.2. The molecule has 1 atom stereocenters. The van der Waals surface area contributed by atoms with Crippen LogP contribution >= 0.6 is 11.3 Å². The maximum atomic E-state index is 4.31. The van der Waals surface area contributed by atoms with Crippen LogP contribution in [-0.4, -0.2) is 24.6 Å². The van der Waals surface area contributed by atoms with Crippen LogP contribution in [-0.2, 0) is 13.0 Å². The Hall–Kier alpha value is -1.39. The second-order valence-electron chi connectivity index (χ2n) is 5.42. The summed E-state index contributed by atoms with van der Waals surface area (Å²) < 4.78 is 0. The lowest BCUT2D eigenvalue weighted by Crippen LogP contribution is -2.32. The minimum Gasteiger partial charge on any atom is -0.370 e. The van der Waals surface area contributed by atoms with Crippen molar-refractivity contribution < 1.29 is 0 Å². The number of rotatable bonds is 8. The molecule has 0 saturated carbocycles. The van der Waals surface area contributed by atoms with Crippen molar-refractivity contribution in [3.05, 3.63) is 46.4 Å². The molecule has 0 aliphatic heterocycles. The van der Waals surface area contributed by atoms with Gasteiger partial charge in [0.2, 0.25) is 0 Å². The summed E-state index contributed by atoms with van der Waals surface area (Å²) in [5, 5.41) is 5.62. The summed E-state index contributed by atoms with van der Waals surface area (Å²) in [6.45, 7) is 6.42. The van der Waals surface area contributed by atoms with Crippen LogP contribution in [0.15, 0.2) is 36.0 Å². The standard InChI is InChI=1S/C17H25N3S/c1-4-8-18-12-15-7-9-19-13-17(15)20(3)14(2)11-16-6-5-10-21-16/h5-7,9-10,13-14,18H,4,8,11-12H2,1-3H3. The molecule has 0 aromatic carbocycles. The molecule has 0 spiro atoms. The molecule has 1 N–H and O–H groups in total. The maximum Gasteiger partial charge on any atom is 0.0598 e. The molecule has 0 radical (unpaired) electrons. The highest BCUT2D eigenvalue weighted by molar-refractivity contribution is 7.09. The van der Waals surface area contributed by atoms with Gasteiger partial charge in [-0.3, -0.25) is 4.98 Å². The molecular weight excluding hydrogens is 278 g/mol. The smallest absolute Gasteiger partial charge is 0.0598 e. The molecule has 0 fully saturated rings. The van der Waals surface area contributed by atoms with Crippen LogP contribution in [0.4, 0.5) is 5.69 Å². The highest BCUT2D eigenvalue weighted by atomic mass is 32.1. The van der Waals surface area contributed by atoms with Gasteiger partial charge in [0.05, 0.1) is 11.9 Å². The molecule has 1 unspecified atom stereocenters. The van der Waals surface area contributed by atoms with Crippen molar-refractivity contribution in [1.82, 2.24) is 10.3 Å². The average molecular weight is 303 g/mol. The SMILES string of the molecule is CCCNCc1ccncc1N(C)C(C)Cc1cccs1. The fourth-order valence-corrected chi connectivity index (χ4v) is 3.20. The molecule has 21 heavy (non-hydrogen) atoms. The molecule has 0 aliphatic carbocycles. The Balaban J connectivity index is 2.05. The highest BCUT2D eigenvalue weighted by Gasteiger charge is 2.14. The van der Waals surface area contributed by atoms with E-state index in [-0.39, 0.29) is 0 Å². The Labute approximate surface area is 132 Å². The van der Waals surface area contributed by atoms with E-state index in [2.05, 4.69) is 59.7 Å². The lowest BCUT2D eigenvalue weighted by atomic mass is 10.1. The summed E-state index contributed by atoms with van der Waals surface area (Å²) >= 11 is 1.83. The Kier molecular flexibility index (Phi) is 6.21. The lowest BCUT2D eigenvalue weighted by molar-refractivity contribution is 0.657. The Morgan fingerprint density at radius 2 is 2.24 bits per heavy atom. The minimum atomic E-state index is 0.456. The van der Waals surface area contributed by atoms with E-state index in [9.17, 15) is 0 Å². The summed E-state index contributed by atoms with van der Waals surface area (Å²) in [5.74, 6) is 0. The zero-order chi connectivity index (χ0) is 15.1. The second kappa shape index (κ2) is 8.15. The molecular formula is C17H25N3S. The lowest BCUT2D eigenvalue weighted by Gasteiger charge is -2.28. The number of hydrogen-bond acceptors (Lipinski definition) is 4. The first-order chi connectivity index (χ1) is 10.2. The zero-order valence-corrected chi connectivity index (χ0v) is 14.0. The quantitative estimate of drug-likeness (QED) is 0.754. The van der Waals surface area contributed by atoms with Gasteiger partial charge >= 0.3 is 0 Å². The monoisotopic (exact) mass is 303 g/mol. The van der Waals surface area contributed by atoms with Gasteiger partial charge in [-0.05, 0) is 43.0 Å². The summed E-state index contributed by atoms with van der Waals surface area (Å²) in [4.78, 5) is 8.08. The molecule has 2 heterocycles. The average Bonchev–Trinajstić information content (AvgIpc) is 3.00.